The molecule has 0 atom stereocenters. The highest BCUT2D eigenvalue weighted by atomic mass is 35.5. The smallest absolute Gasteiger partial charge is 0.387 e. The van der Waals surface area contributed by atoms with Crippen LogP contribution < -0.4 is 4.74 Å². The normalized spacial score (nSPS) is 10.3. The Hall–Kier alpha value is -1.36. The van der Waals surface area contributed by atoms with Crippen LogP contribution in [0.5, 0.6) is 5.75 Å². The van der Waals surface area contributed by atoms with Crippen molar-refractivity contribution in [3.63, 3.8) is 0 Å². The summed E-state index contributed by atoms with van der Waals surface area (Å²) in [7, 11) is 0. The topological polar surface area (TPSA) is 35.5 Å². The van der Waals surface area contributed by atoms with Gasteiger partial charge in [-0.25, -0.2) is 4.79 Å². The molecule has 0 saturated heterocycles. The second kappa shape index (κ2) is 5.65. The predicted octanol–water partition coefficient (Wildman–Crippen LogP) is 3.12. The van der Waals surface area contributed by atoms with E-state index in [1.165, 1.54) is 12.1 Å². The van der Waals surface area contributed by atoms with Crippen molar-refractivity contribution in [1.29, 1.82) is 0 Å². The number of hydrogen-bond donors (Lipinski definition) is 0. The van der Waals surface area contributed by atoms with Crippen molar-refractivity contribution < 1.29 is 23.0 Å². The van der Waals surface area contributed by atoms with Crippen LogP contribution in [-0.4, -0.2) is 19.2 Å². The van der Waals surface area contributed by atoms with E-state index in [2.05, 4.69) is 4.74 Å². The summed E-state index contributed by atoms with van der Waals surface area (Å²) in [6, 6.07) is 3.64. The van der Waals surface area contributed by atoms with Gasteiger partial charge in [-0.1, -0.05) is 11.6 Å². The third kappa shape index (κ3) is 3.34. The molecule has 0 unspecified atom stereocenters. The second-order valence-electron chi connectivity index (χ2n) is 2.74. The van der Waals surface area contributed by atoms with Crippen LogP contribution in [0.25, 0.3) is 0 Å². The maximum absolute atomic E-state index is 11.9. The van der Waals surface area contributed by atoms with E-state index in [-0.39, 0.29) is 22.9 Å². The Morgan fingerprint density at radius 1 is 1.50 bits per heavy atom. The fourth-order valence-electron chi connectivity index (χ4n) is 1.05. The van der Waals surface area contributed by atoms with Crippen LogP contribution in [0.15, 0.2) is 18.2 Å². The van der Waals surface area contributed by atoms with Crippen molar-refractivity contribution in [3.05, 3.63) is 28.8 Å². The van der Waals surface area contributed by atoms with Gasteiger partial charge in [0.25, 0.3) is 0 Å². The van der Waals surface area contributed by atoms with Crippen molar-refractivity contribution in [3.8, 4) is 5.75 Å². The molecule has 0 aliphatic rings. The van der Waals surface area contributed by atoms with E-state index in [1.807, 2.05) is 0 Å². The Bertz CT molecular complexity index is 382. The average Bonchev–Trinajstić information content (AvgIpc) is 2.16. The summed E-state index contributed by atoms with van der Waals surface area (Å²) >= 11 is 5.72. The van der Waals surface area contributed by atoms with Gasteiger partial charge in [-0.3, -0.25) is 0 Å². The van der Waals surface area contributed by atoms with Gasteiger partial charge in [-0.05, 0) is 25.1 Å². The quantitative estimate of drug-likeness (QED) is 0.770. The van der Waals surface area contributed by atoms with Crippen LogP contribution in [0, 0.1) is 0 Å². The van der Waals surface area contributed by atoms with Gasteiger partial charge in [-0.15, -0.1) is 0 Å². The summed E-state index contributed by atoms with van der Waals surface area (Å²) in [4.78, 5) is 11.3. The largest absolute Gasteiger partial charge is 0.462 e. The van der Waals surface area contributed by atoms with Crippen molar-refractivity contribution in [1.82, 2.24) is 0 Å². The second-order valence-corrected chi connectivity index (χ2v) is 3.15. The molecule has 1 aromatic rings. The molecule has 6 heteroatoms. The van der Waals surface area contributed by atoms with Crippen LogP contribution in [0.2, 0.25) is 5.02 Å². The van der Waals surface area contributed by atoms with Gasteiger partial charge >= 0.3 is 12.6 Å². The zero-order chi connectivity index (χ0) is 12.1. The van der Waals surface area contributed by atoms with Crippen LogP contribution in [0.1, 0.15) is 17.3 Å². The summed E-state index contributed by atoms with van der Waals surface area (Å²) in [6.07, 6.45) is 0. The van der Waals surface area contributed by atoms with Crippen LogP contribution >= 0.6 is 11.6 Å². The maximum atomic E-state index is 11.9. The lowest BCUT2D eigenvalue weighted by Gasteiger charge is -2.07. The monoisotopic (exact) mass is 250 g/mol. The molecule has 0 spiro atoms. The van der Waals surface area contributed by atoms with Gasteiger partial charge in [-0.2, -0.15) is 8.78 Å². The first-order chi connectivity index (χ1) is 7.54. The number of esters is 1. The van der Waals surface area contributed by atoms with E-state index in [0.717, 1.165) is 6.07 Å². The van der Waals surface area contributed by atoms with E-state index in [1.54, 1.807) is 6.92 Å². The average molecular weight is 251 g/mol. The highest BCUT2D eigenvalue weighted by Crippen LogP contribution is 2.24. The van der Waals surface area contributed by atoms with Crippen LogP contribution in [-0.2, 0) is 4.74 Å². The minimum atomic E-state index is -2.93. The summed E-state index contributed by atoms with van der Waals surface area (Å²) in [5.41, 5.74) is 0.116. The fourth-order valence-corrected chi connectivity index (χ4v) is 1.29. The minimum Gasteiger partial charge on any atom is -0.462 e. The van der Waals surface area contributed by atoms with Crippen molar-refractivity contribution in [2.24, 2.45) is 0 Å². The first kappa shape index (κ1) is 12.7. The van der Waals surface area contributed by atoms with E-state index in [4.69, 9.17) is 16.3 Å². The van der Waals surface area contributed by atoms with E-state index in [9.17, 15) is 13.6 Å². The molecular formula is C10H9ClF2O3. The van der Waals surface area contributed by atoms with E-state index >= 15 is 0 Å². The van der Waals surface area contributed by atoms with E-state index in [0.29, 0.717) is 0 Å². The Morgan fingerprint density at radius 2 is 2.19 bits per heavy atom. The minimum absolute atomic E-state index is 0.0107. The molecule has 0 N–H and O–H groups in total. The Morgan fingerprint density at radius 3 is 2.69 bits per heavy atom. The molecule has 3 nitrogen and oxygen atoms in total. The molecule has 0 radical (unpaired) electrons. The van der Waals surface area contributed by atoms with Gasteiger partial charge in [0.05, 0.1) is 17.2 Å². The maximum Gasteiger partial charge on any atom is 0.387 e. The molecule has 1 aromatic carbocycles. The standard InChI is InChI=1S/C10H9ClF2O3/c1-2-15-9(14)7-4-3-6(5-8(7)11)16-10(12)13/h3-5,10H,2H2,1H3. The number of hydrogen-bond acceptors (Lipinski definition) is 3. The van der Waals surface area contributed by atoms with Gasteiger partial charge in [0.2, 0.25) is 0 Å². The molecule has 0 heterocycles. The van der Waals surface area contributed by atoms with Crippen LogP contribution in [0.4, 0.5) is 8.78 Å². The lowest BCUT2D eigenvalue weighted by molar-refractivity contribution is -0.0498. The zero-order valence-corrected chi connectivity index (χ0v) is 9.13. The number of rotatable bonds is 4. The molecule has 0 aliphatic heterocycles. The lowest BCUT2D eigenvalue weighted by atomic mass is 10.2. The number of halogens is 3. The zero-order valence-electron chi connectivity index (χ0n) is 8.38. The predicted molar refractivity (Wildman–Crippen MR) is 54.0 cm³/mol. The van der Waals surface area contributed by atoms with Crippen LogP contribution in [0.3, 0.4) is 0 Å². The third-order valence-electron chi connectivity index (χ3n) is 1.66. The molecule has 0 aliphatic carbocycles. The number of alkyl halides is 2. The third-order valence-corrected chi connectivity index (χ3v) is 1.97. The van der Waals surface area contributed by atoms with Crippen molar-refractivity contribution in [2.75, 3.05) is 6.61 Å². The highest BCUT2D eigenvalue weighted by Gasteiger charge is 2.13. The summed E-state index contributed by atoms with van der Waals surface area (Å²) in [5, 5.41) is 0.0107. The number of carbonyl (C=O) groups excluding carboxylic acids is 1. The van der Waals surface area contributed by atoms with Crippen molar-refractivity contribution in [2.45, 2.75) is 13.5 Å². The molecule has 88 valence electrons. The van der Waals surface area contributed by atoms with Gasteiger partial charge < -0.3 is 9.47 Å². The molecule has 16 heavy (non-hydrogen) atoms. The first-order valence-electron chi connectivity index (χ1n) is 4.46. The Labute approximate surface area is 95.9 Å². The summed E-state index contributed by atoms with van der Waals surface area (Å²) < 4.78 is 32.6. The fraction of sp³-hybridized carbons (Fsp3) is 0.300. The molecule has 1 rings (SSSR count). The van der Waals surface area contributed by atoms with E-state index < -0.39 is 12.6 Å². The molecule has 0 amide bonds. The molecular weight excluding hydrogens is 242 g/mol. The van der Waals surface area contributed by atoms with Gasteiger partial charge in [0, 0.05) is 0 Å². The number of ether oxygens (including phenoxy) is 2. The Balaban J connectivity index is 2.87. The molecule has 0 aromatic heterocycles. The molecule has 0 fully saturated rings. The summed E-state index contributed by atoms with van der Waals surface area (Å²) in [5.74, 6) is -0.704. The van der Waals surface area contributed by atoms with Gasteiger partial charge in [0.1, 0.15) is 5.75 Å². The molecule has 0 saturated carbocycles. The highest BCUT2D eigenvalue weighted by molar-refractivity contribution is 6.33. The SMILES string of the molecule is CCOC(=O)c1ccc(OC(F)F)cc1Cl. The molecule has 0 bridgehead atoms. The van der Waals surface area contributed by atoms with Crippen molar-refractivity contribution >= 4 is 17.6 Å². The first-order valence-corrected chi connectivity index (χ1v) is 4.84. The Kier molecular flexibility index (Phi) is 4.49. The number of benzene rings is 1. The lowest BCUT2D eigenvalue weighted by Crippen LogP contribution is -2.06. The number of carbonyl (C=O) groups is 1. The van der Waals surface area contributed by atoms with Gasteiger partial charge in [0.15, 0.2) is 0 Å². The summed E-state index contributed by atoms with van der Waals surface area (Å²) in [6.45, 7) is -1.06.